The van der Waals surface area contributed by atoms with Crippen LogP contribution >= 0.6 is 0 Å². The average molecular weight is 261 g/mol. The Kier molecular flexibility index (Phi) is 2.89. The molecule has 96 valence electrons. The van der Waals surface area contributed by atoms with E-state index in [4.69, 9.17) is 5.11 Å². The van der Waals surface area contributed by atoms with Crippen LogP contribution in [0.1, 0.15) is 25.7 Å². The molecule has 2 aliphatic rings. The molecule has 0 aromatic heterocycles. The largest absolute Gasteiger partial charge is 0.480 e. The third-order valence-corrected chi connectivity index (χ3v) is 5.21. The molecule has 2 fully saturated rings. The van der Waals surface area contributed by atoms with Crippen LogP contribution in [0.2, 0.25) is 0 Å². The number of sulfone groups is 1. The van der Waals surface area contributed by atoms with Crippen LogP contribution in [0.25, 0.3) is 0 Å². The zero-order chi connectivity index (χ0) is 12.7. The minimum Gasteiger partial charge on any atom is -0.480 e. The third kappa shape index (κ3) is 2.43. The van der Waals surface area contributed by atoms with Crippen LogP contribution in [0, 0.1) is 5.41 Å². The molecule has 0 spiro atoms. The quantitative estimate of drug-likeness (QED) is 0.670. The smallest absolute Gasteiger partial charge is 0.319 e. The summed E-state index contributed by atoms with van der Waals surface area (Å²) in [6.45, 7) is 0. The van der Waals surface area contributed by atoms with Gasteiger partial charge in [-0.15, -0.1) is 0 Å². The summed E-state index contributed by atoms with van der Waals surface area (Å²) in [4.78, 5) is 22.7. The number of hydrogen-bond donors (Lipinski definition) is 2. The molecule has 1 aliphatic carbocycles. The molecule has 0 aromatic carbocycles. The van der Waals surface area contributed by atoms with Gasteiger partial charge in [-0.2, -0.15) is 0 Å². The standard InChI is InChI=1S/C10H15NO5S/c12-8(10(3-4-10)9(13)14)11-7-2-1-5-17(15,16)6-7/h7H,1-6H2,(H,11,12)(H,13,14). The first-order valence-electron chi connectivity index (χ1n) is 5.60. The van der Waals surface area contributed by atoms with Gasteiger partial charge in [-0.25, -0.2) is 8.42 Å². The molecule has 1 saturated carbocycles. The highest BCUT2D eigenvalue weighted by Crippen LogP contribution is 2.46. The van der Waals surface area contributed by atoms with Gasteiger partial charge in [-0.1, -0.05) is 0 Å². The maximum absolute atomic E-state index is 11.8. The van der Waals surface area contributed by atoms with Crippen molar-refractivity contribution in [3.05, 3.63) is 0 Å². The molecule has 6 nitrogen and oxygen atoms in total. The van der Waals surface area contributed by atoms with Crippen molar-refractivity contribution in [3.63, 3.8) is 0 Å². The lowest BCUT2D eigenvalue weighted by atomic mass is 10.1. The molecule has 1 saturated heterocycles. The van der Waals surface area contributed by atoms with E-state index in [9.17, 15) is 18.0 Å². The highest BCUT2D eigenvalue weighted by Gasteiger charge is 2.57. The minimum absolute atomic E-state index is 0.0750. The second kappa shape index (κ2) is 3.97. The molecule has 1 amide bonds. The Balaban J connectivity index is 1.98. The molecule has 1 heterocycles. The number of rotatable bonds is 3. The van der Waals surface area contributed by atoms with Crippen LogP contribution in [0.15, 0.2) is 0 Å². The van der Waals surface area contributed by atoms with Crippen molar-refractivity contribution in [2.45, 2.75) is 31.7 Å². The topological polar surface area (TPSA) is 101 Å². The van der Waals surface area contributed by atoms with Crippen LogP contribution in [0.4, 0.5) is 0 Å². The molecular weight excluding hydrogens is 246 g/mol. The van der Waals surface area contributed by atoms with E-state index in [-0.39, 0.29) is 11.5 Å². The zero-order valence-corrected chi connectivity index (χ0v) is 10.1. The number of carbonyl (C=O) groups excluding carboxylic acids is 1. The van der Waals surface area contributed by atoms with Crippen molar-refractivity contribution in [1.82, 2.24) is 5.32 Å². The van der Waals surface area contributed by atoms with Crippen molar-refractivity contribution in [2.24, 2.45) is 5.41 Å². The van der Waals surface area contributed by atoms with Crippen LogP contribution in [-0.2, 0) is 19.4 Å². The van der Waals surface area contributed by atoms with Crippen LogP contribution in [0.5, 0.6) is 0 Å². The number of nitrogens with one attached hydrogen (secondary N) is 1. The first-order valence-corrected chi connectivity index (χ1v) is 7.43. The Morgan fingerprint density at radius 1 is 1.29 bits per heavy atom. The number of aliphatic carboxylic acids is 1. The lowest BCUT2D eigenvalue weighted by Gasteiger charge is -2.24. The molecule has 2 rings (SSSR count). The van der Waals surface area contributed by atoms with Gasteiger partial charge in [0.1, 0.15) is 5.41 Å². The first kappa shape index (κ1) is 12.3. The van der Waals surface area contributed by atoms with Crippen molar-refractivity contribution in [3.8, 4) is 0 Å². The second-order valence-electron chi connectivity index (χ2n) is 4.81. The molecule has 2 N–H and O–H groups in total. The lowest BCUT2D eigenvalue weighted by Crippen LogP contribution is -2.47. The predicted octanol–water partition coefficient (Wildman–Crippen LogP) is -0.455. The number of carboxylic acid groups (broad SMARTS) is 1. The summed E-state index contributed by atoms with van der Waals surface area (Å²) in [6.07, 6.45) is 1.80. The van der Waals surface area contributed by atoms with Gasteiger partial charge in [-0.05, 0) is 25.7 Å². The monoisotopic (exact) mass is 261 g/mol. The highest BCUT2D eigenvalue weighted by molar-refractivity contribution is 7.91. The first-order chi connectivity index (χ1) is 7.86. The molecule has 0 aromatic rings. The fraction of sp³-hybridized carbons (Fsp3) is 0.800. The van der Waals surface area contributed by atoms with Crippen molar-refractivity contribution < 1.29 is 23.1 Å². The molecular formula is C10H15NO5S. The van der Waals surface area contributed by atoms with E-state index >= 15 is 0 Å². The Morgan fingerprint density at radius 3 is 2.41 bits per heavy atom. The fourth-order valence-electron chi connectivity index (χ4n) is 2.12. The zero-order valence-electron chi connectivity index (χ0n) is 9.31. The Hall–Kier alpha value is -1.11. The van der Waals surface area contributed by atoms with Crippen LogP contribution in [-0.4, -0.2) is 42.9 Å². The van der Waals surface area contributed by atoms with Crippen molar-refractivity contribution in [1.29, 1.82) is 0 Å². The van der Waals surface area contributed by atoms with E-state index in [0.717, 1.165) is 0 Å². The Labute approximate surface area is 99.3 Å². The molecule has 1 atom stereocenters. The van der Waals surface area contributed by atoms with Gasteiger partial charge in [0.2, 0.25) is 5.91 Å². The van der Waals surface area contributed by atoms with E-state index < -0.39 is 33.2 Å². The summed E-state index contributed by atoms with van der Waals surface area (Å²) in [6, 6.07) is -0.432. The average Bonchev–Trinajstić information content (AvgIpc) is 2.95. The van der Waals surface area contributed by atoms with E-state index in [1.165, 1.54) is 0 Å². The van der Waals surface area contributed by atoms with Gasteiger partial charge in [0.25, 0.3) is 0 Å². The molecule has 1 unspecified atom stereocenters. The van der Waals surface area contributed by atoms with Gasteiger partial charge in [-0.3, -0.25) is 9.59 Å². The van der Waals surface area contributed by atoms with Gasteiger partial charge >= 0.3 is 5.97 Å². The fourth-order valence-corrected chi connectivity index (χ4v) is 3.76. The Bertz CT molecular complexity index is 451. The summed E-state index contributed by atoms with van der Waals surface area (Å²) in [7, 11) is -3.09. The lowest BCUT2D eigenvalue weighted by molar-refractivity contribution is -0.149. The summed E-state index contributed by atoms with van der Waals surface area (Å²) in [5, 5.41) is 11.5. The molecule has 1 aliphatic heterocycles. The number of amides is 1. The summed E-state index contributed by atoms with van der Waals surface area (Å²) >= 11 is 0. The van der Waals surface area contributed by atoms with Crippen LogP contribution in [0.3, 0.4) is 0 Å². The SMILES string of the molecule is O=C(O)C1(C(=O)NC2CCCS(=O)(=O)C2)CC1. The van der Waals surface area contributed by atoms with Gasteiger partial charge in [0, 0.05) is 6.04 Å². The van der Waals surface area contributed by atoms with E-state index in [1.54, 1.807) is 0 Å². The number of carboxylic acids is 1. The van der Waals surface area contributed by atoms with Gasteiger partial charge < -0.3 is 10.4 Å². The number of carbonyl (C=O) groups is 2. The maximum Gasteiger partial charge on any atom is 0.319 e. The minimum atomic E-state index is -3.09. The summed E-state index contributed by atoms with van der Waals surface area (Å²) in [5.41, 5.74) is -1.29. The van der Waals surface area contributed by atoms with E-state index in [1.807, 2.05) is 0 Å². The van der Waals surface area contributed by atoms with Gasteiger partial charge in [0.15, 0.2) is 9.84 Å². The summed E-state index contributed by atoms with van der Waals surface area (Å²) in [5.74, 6) is -1.57. The maximum atomic E-state index is 11.8. The Morgan fingerprint density at radius 2 is 1.94 bits per heavy atom. The predicted molar refractivity (Wildman–Crippen MR) is 59.1 cm³/mol. The van der Waals surface area contributed by atoms with Crippen LogP contribution < -0.4 is 5.32 Å². The number of hydrogen-bond acceptors (Lipinski definition) is 4. The molecule has 0 bridgehead atoms. The van der Waals surface area contributed by atoms with Crippen molar-refractivity contribution >= 4 is 21.7 Å². The molecule has 17 heavy (non-hydrogen) atoms. The summed E-state index contributed by atoms with van der Waals surface area (Å²) < 4.78 is 22.7. The normalized spacial score (nSPS) is 29.3. The third-order valence-electron chi connectivity index (χ3n) is 3.39. The highest BCUT2D eigenvalue weighted by atomic mass is 32.2. The van der Waals surface area contributed by atoms with E-state index in [2.05, 4.69) is 5.32 Å². The molecule has 0 radical (unpaired) electrons. The van der Waals surface area contributed by atoms with Gasteiger partial charge in [0.05, 0.1) is 11.5 Å². The van der Waals surface area contributed by atoms with Crippen molar-refractivity contribution in [2.75, 3.05) is 11.5 Å². The van der Waals surface area contributed by atoms with E-state index in [0.29, 0.717) is 25.7 Å². The molecule has 7 heteroatoms. The second-order valence-corrected chi connectivity index (χ2v) is 7.04.